The standard InChI is InChI=1S/C13H22F3N/c1-2-11(9-7-8-9)17-12-6-4-3-5-10(12)13(14,15)16/h9-12,17H,2-8H2,1H3. The Kier molecular flexibility index (Phi) is 4.01. The van der Waals surface area contributed by atoms with Gasteiger partial charge in [-0.05, 0) is 38.0 Å². The van der Waals surface area contributed by atoms with Crippen LogP contribution < -0.4 is 5.32 Å². The topological polar surface area (TPSA) is 12.0 Å². The Balaban J connectivity index is 1.95. The van der Waals surface area contributed by atoms with Crippen molar-refractivity contribution in [1.82, 2.24) is 5.32 Å². The first kappa shape index (κ1) is 13.2. The van der Waals surface area contributed by atoms with Gasteiger partial charge in [-0.25, -0.2) is 0 Å². The lowest BCUT2D eigenvalue weighted by Crippen LogP contribution is -2.49. The van der Waals surface area contributed by atoms with Gasteiger partial charge in [0.2, 0.25) is 0 Å². The van der Waals surface area contributed by atoms with E-state index in [1.165, 1.54) is 12.8 Å². The largest absolute Gasteiger partial charge is 0.393 e. The molecule has 0 spiro atoms. The van der Waals surface area contributed by atoms with Crippen LogP contribution in [-0.4, -0.2) is 18.3 Å². The summed E-state index contributed by atoms with van der Waals surface area (Å²) in [5.74, 6) is -0.486. The van der Waals surface area contributed by atoms with Crippen molar-refractivity contribution < 1.29 is 13.2 Å². The van der Waals surface area contributed by atoms with E-state index in [1.807, 2.05) is 0 Å². The molecule has 0 heterocycles. The number of rotatable bonds is 4. The zero-order valence-electron chi connectivity index (χ0n) is 10.4. The quantitative estimate of drug-likeness (QED) is 0.797. The van der Waals surface area contributed by atoms with Crippen molar-refractivity contribution in [2.45, 2.75) is 70.1 Å². The fourth-order valence-corrected chi connectivity index (χ4v) is 3.08. The van der Waals surface area contributed by atoms with Crippen LogP contribution in [0.1, 0.15) is 51.9 Å². The minimum atomic E-state index is -4.03. The second-order valence-electron chi connectivity index (χ2n) is 5.56. The Morgan fingerprint density at radius 3 is 2.29 bits per heavy atom. The predicted molar refractivity (Wildman–Crippen MR) is 61.7 cm³/mol. The Bertz CT molecular complexity index is 248. The van der Waals surface area contributed by atoms with Crippen LogP contribution in [0.25, 0.3) is 0 Å². The van der Waals surface area contributed by atoms with Crippen LogP contribution in [0.5, 0.6) is 0 Å². The van der Waals surface area contributed by atoms with E-state index >= 15 is 0 Å². The highest BCUT2D eigenvalue weighted by atomic mass is 19.4. The Labute approximate surface area is 101 Å². The summed E-state index contributed by atoms with van der Waals surface area (Å²) in [7, 11) is 0. The van der Waals surface area contributed by atoms with E-state index in [9.17, 15) is 13.2 Å². The Morgan fingerprint density at radius 1 is 1.12 bits per heavy atom. The molecule has 3 unspecified atom stereocenters. The van der Waals surface area contributed by atoms with Gasteiger partial charge in [0.25, 0.3) is 0 Å². The number of hydrogen-bond donors (Lipinski definition) is 1. The summed E-state index contributed by atoms with van der Waals surface area (Å²) in [5, 5.41) is 3.30. The zero-order valence-corrected chi connectivity index (χ0v) is 10.4. The molecule has 0 aromatic heterocycles. The minimum absolute atomic E-state index is 0.308. The number of nitrogens with one attached hydrogen (secondary N) is 1. The molecule has 4 heteroatoms. The van der Waals surface area contributed by atoms with E-state index in [0.717, 1.165) is 19.3 Å². The number of alkyl halides is 3. The molecule has 0 aromatic rings. The first-order valence-corrected chi connectivity index (χ1v) is 6.85. The van der Waals surface area contributed by atoms with Crippen LogP contribution in [0, 0.1) is 11.8 Å². The molecule has 0 aliphatic heterocycles. The molecule has 2 fully saturated rings. The van der Waals surface area contributed by atoms with Crippen LogP contribution in [0.4, 0.5) is 13.2 Å². The van der Waals surface area contributed by atoms with E-state index in [0.29, 0.717) is 24.8 Å². The third-order valence-electron chi connectivity index (χ3n) is 4.25. The summed E-state index contributed by atoms with van der Waals surface area (Å²) < 4.78 is 38.8. The maximum Gasteiger partial charge on any atom is 0.393 e. The molecule has 1 nitrogen and oxygen atoms in total. The van der Waals surface area contributed by atoms with Gasteiger partial charge in [-0.1, -0.05) is 19.8 Å². The van der Waals surface area contributed by atoms with Gasteiger partial charge >= 0.3 is 6.18 Å². The smallest absolute Gasteiger partial charge is 0.310 e. The molecule has 2 saturated carbocycles. The first-order valence-electron chi connectivity index (χ1n) is 6.85. The van der Waals surface area contributed by atoms with Gasteiger partial charge in [0.15, 0.2) is 0 Å². The van der Waals surface area contributed by atoms with E-state index in [1.54, 1.807) is 0 Å². The molecular weight excluding hydrogens is 227 g/mol. The lowest BCUT2D eigenvalue weighted by atomic mass is 9.83. The molecule has 1 N–H and O–H groups in total. The lowest BCUT2D eigenvalue weighted by molar-refractivity contribution is -0.189. The van der Waals surface area contributed by atoms with Crippen LogP contribution in [0.15, 0.2) is 0 Å². The third-order valence-corrected chi connectivity index (χ3v) is 4.25. The summed E-state index contributed by atoms with van der Waals surface area (Å²) >= 11 is 0. The molecule has 0 amide bonds. The number of hydrogen-bond acceptors (Lipinski definition) is 1. The number of halogens is 3. The van der Waals surface area contributed by atoms with Crippen LogP contribution in [0.3, 0.4) is 0 Å². The summed E-state index contributed by atoms with van der Waals surface area (Å²) in [6.07, 6.45) is 1.96. The van der Waals surface area contributed by atoms with Crippen LogP contribution in [-0.2, 0) is 0 Å². The van der Waals surface area contributed by atoms with Gasteiger partial charge in [-0.3, -0.25) is 0 Å². The first-order chi connectivity index (χ1) is 8.02. The van der Waals surface area contributed by atoms with E-state index in [2.05, 4.69) is 12.2 Å². The fourth-order valence-electron chi connectivity index (χ4n) is 3.08. The molecule has 2 aliphatic carbocycles. The normalized spacial score (nSPS) is 32.5. The molecule has 0 radical (unpaired) electrons. The van der Waals surface area contributed by atoms with Crippen molar-refractivity contribution in [3.8, 4) is 0 Å². The Hall–Kier alpha value is -0.250. The molecule has 2 rings (SSSR count). The zero-order chi connectivity index (χ0) is 12.5. The Morgan fingerprint density at radius 2 is 1.76 bits per heavy atom. The molecule has 0 saturated heterocycles. The van der Waals surface area contributed by atoms with E-state index < -0.39 is 12.1 Å². The highest BCUT2D eigenvalue weighted by molar-refractivity contribution is 4.92. The van der Waals surface area contributed by atoms with E-state index in [4.69, 9.17) is 0 Å². The van der Waals surface area contributed by atoms with Crippen molar-refractivity contribution in [3.63, 3.8) is 0 Å². The third kappa shape index (κ3) is 3.36. The molecule has 0 aromatic carbocycles. The lowest BCUT2D eigenvalue weighted by Gasteiger charge is -2.36. The maximum atomic E-state index is 12.9. The summed E-state index contributed by atoms with van der Waals surface area (Å²) in [4.78, 5) is 0. The van der Waals surface area contributed by atoms with Crippen LogP contribution >= 0.6 is 0 Å². The highest BCUT2D eigenvalue weighted by Gasteiger charge is 2.46. The SMILES string of the molecule is CCC(NC1CCCCC1C(F)(F)F)C1CC1. The summed E-state index contributed by atoms with van der Waals surface area (Å²) in [6.45, 7) is 2.07. The molecule has 3 atom stereocenters. The summed E-state index contributed by atoms with van der Waals surface area (Å²) in [5.41, 5.74) is 0. The minimum Gasteiger partial charge on any atom is -0.310 e. The van der Waals surface area contributed by atoms with Gasteiger partial charge in [0.05, 0.1) is 5.92 Å². The molecule has 100 valence electrons. The van der Waals surface area contributed by atoms with Crippen molar-refractivity contribution in [1.29, 1.82) is 0 Å². The van der Waals surface area contributed by atoms with Crippen LogP contribution in [0.2, 0.25) is 0 Å². The van der Waals surface area contributed by atoms with Gasteiger partial charge in [-0.2, -0.15) is 13.2 Å². The monoisotopic (exact) mass is 249 g/mol. The van der Waals surface area contributed by atoms with Crippen molar-refractivity contribution in [2.24, 2.45) is 11.8 Å². The molecular formula is C13H22F3N. The maximum absolute atomic E-state index is 12.9. The van der Waals surface area contributed by atoms with Gasteiger partial charge in [0, 0.05) is 12.1 Å². The second-order valence-corrected chi connectivity index (χ2v) is 5.56. The van der Waals surface area contributed by atoms with Crippen molar-refractivity contribution in [2.75, 3.05) is 0 Å². The van der Waals surface area contributed by atoms with Gasteiger partial charge in [0.1, 0.15) is 0 Å². The van der Waals surface area contributed by atoms with Gasteiger partial charge in [-0.15, -0.1) is 0 Å². The van der Waals surface area contributed by atoms with Gasteiger partial charge < -0.3 is 5.32 Å². The second kappa shape index (κ2) is 5.17. The summed E-state index contributed by atoms with van der Waals surface area (Å²) in [6, 6.07) is -0.0303. The molecule has 17 heavy (non-hydrogen) atoms. The van der Waals surface area contributed by atoms with Crippen molar-refractivity contribution in [3.05, 3.63) is 0 Å². The van der Waals surface area contributed by atoms with Crippen molar-refractivity contribution >= 4 is 0 Å². The average molecular weight is 249 g/mol. The average Bonchev–Trinajstić information content (AvgIpc) is 3.09. The molecule has 0 bridgehead atoms. The molecule has 2 aliphatic rings. The highest BCUT2D eigenvalue weighted by Crippen LogP contribution is 2.40. The van der Waals surface area contributed by atoms with E-state index in [-0.39, 0.29) is 6.04 Å². The predicted octanol–water partition coefficient (Wildman–Crippen LogP) is 3.89. The fraction of sp³-hybridized carbons (Fsp3) is 1.00.